The average Bonchev–Trinajstić information content (AvgIpc) is 3.11. The molecule has 2 aliphatic heterocycles. The number of carbonyl (C=O) groups is 2. The molecule has 3 atom stereocenters. The van der Waals surface area contributed by atoms with E-state index in [1.807, 2.05) is 4.90 Å². The van der Waals surface area contributed by atoms with Gasteiger partial charge >= 0.3 is 0 Å². The van der Waals surface area contributed by atoms with Gasteiger partial charge in [0.05, 0.1) is 18.8 Å². The van der Waals surface area contributed by atoms with Crippen LogP contribution in [0.2, 0.25) is 0 Å². The maximum Gasteiger partial charge on any atom is 0.245 e. The summed E-state index contributed by atoms with van der Waals surface area (Å²) in [6.45, 7) is 6.00. The minimum atomic E-state index is -0.907. The van der Waals surface area contributed by atoms with E-state index in [9.17, 15) is 9.59 Å². The third-order valence-corrected chi connectivity index (χ3v) is 8.03. The molecule has 3 rings (SSSR count). The van der Waals surface area contributed by atoms with Crippen molar-refractivity contribution < 1.29 is 14.3 Å². The maximum absolute atomic E-state index is 13.3. The first-order chi connectivity index (χ1) is 14.1. The lowest BCUT2D eigenvalue weighted by atomic mass is 9.80. The number of hydrogen-bond donors (Lipinski definition) is 2. The Hall–Kier alpha value is -0.790. The first-order valence-corrected chi connectivity index (χ1v) is 14.7. The highest BCUT2D eigenvalue weighted by Crippen LogP contribution is 2.35. The van der Waals surface area contributed by atoms with Crippen LogP contribution in [0.15, 0.2) is 0 Å². The average molecular weight is 442 g/mol. The highest BCUT2D eigenvalue weighted by molar-refractivity contribution is 8.30. The first-order valence-electron chi connectivity index (χ1n) is 11.8. The van der Waals surface area contributed by atoms with E-state index in [0.717, 1.165) is 44.1 Å². The van der Waals surface area contributed by atoms with Crippen LogP contribution >= 0.6 is 10.2 Å². The predicted molar refractivity (Wildman–Crippen MR) is 125 cm³/mol. The fourth-order valence-corrected chi connectivity index (χ4v) is 6.47. The zero-order chi connectivity index (χ0) is 21.9. The minimum Gasteiger partial charge on any atom is -0.376 e. The summed E-state index contributed by atoms with van der Waals surface area (Å²) in [4.78, 5) is 27.0. The van der Waals surface area contributed by atoms with Crippen LogP contribution in [0.5, 0.6) is 0 Å². The van der Waals surface area contributed by atoms with E-state index in [4.69, 9.17) is 4.74 Å². The molecule has 3 aliphatic rings. The Kier molecular flexibility index (Phi) is 8.13. The van der Waals surface area contributed by atoms with Crippen molar-refractivity contribution in [3.05, 3.63) is 0 Å². The van der Waals surface area contributed by atoms with E-state index in [0.29, 0.717) is 25.6 Å². The number of likely N-dealkylation sites (tertiary alicyclic amines) is 1. The van der Waals surface area contributed by atoms with Crippen LogP contribution in [0.3, 0.4) is 0 Å². The van der Waals surface area contributed by atoms with E-state index in [1.54, 1.807) is 0 Å². The largest absolute Gasteiger partial charge is 0.376 e. The highest BCUT2D eigenvalue weighted by Gasteiger charge is 2.40. The summed E-state index contributed by atoms with van der Waals surface area (Å²) in [6, 6.07) is -0.0673. The van der Waals surface area contributed by atoms with Gasteiger partial charge in [0, 0.05) is 19.0 Å². The molecule has 6 nitrogen and oxygen atoms in total. The van der Waals surface area contributed by atoms with Gasteiger partial charge in [0.25, 0.3) is 0 Å². The van der Waals surface area contributed by atoms with Crippen molar-refractivity contribution in [2.45, 2.75) is 89.4 Å². The van der Waals surface area contributed by atoms with Crippen LogP contribution in [0.1, 0.15) is 65.2 Å². The molecule has 3 fully saturated rings. The van der Waals surface area contributed by atoms with Crippen LogP contribution in [0, 0.1) is 11.8 Å². The number of piperidine rings is 1. The second kappa shape index (κ2) is 10.2. The molecule has 30 heavy (non-hydrogen) atoms. The van der Waals surface area contributed by atoms with Crippen molar-refractivity contribution in [3.63, 3.8) is 0 Å². The van der Waals surface area contributed by atoms with Gasteiger partial charge < -0.3 is 15.0 Å². The van der Waals surface area contributed by atoms with Crippen LogP contribution in [0.25, 0.3) is 0 Å². The molecule has 1 saturated carbocycles. The highest BCUT2D eigenvalue weighted by atomic mass is 32.3. The van der Waals surface area contributed by atoms with Gasteiger partial charge in [0.1, 0.15) is 6.04 Å². The molecule has 1 aliphatic carbocycles. The maximum atomic E-state index is 13.3. The summed E-state index contributed by atoms with van der Waals surface area (Å²) >= 11 is 0. The lowest BCUT2D eigenvalue weighted by molar-refractivity contribution is -0.141. The standard InChI is InChI=1S/C23H43N3O3S/c1-16(2)17-8-10-18(11-9-17)29-15-21-19(25-30(3,4)5)7-6-14-26(21)23(28)20-12-13-22(27)24-20/h16-21,25H,6-15H2,1-5H3,(H,24,27)/t17?,18?,19?,20?,21-/m0/s1. The summed E-state index contributed by atoms with van der Waals surface area (Å²) < 4.78 is 10.3. The molecule has 0 aromatic heterocycles. The van der Waals surface area contributed by atoms with Crippen LogP contribution in [-0.4, -0.2) is 72.9 Å². The van der Waals surface area contributed by atoms with E-state index >= 15 is 0 Å². The van der Waals surface area contributed by atoms with Gasteiger partial charge in [0.2, 0.25) is 11.8 Å². The van der Waals surface area contributed by atoms with Crippen molar-refractivity contribution in [3.8, 4) is 0 Å². The predicted octanol–water partition coefficient (Wildman–Crippen LogP) is 3.05. The molecule has 0 spiro atoms. The molecule has 2 N–H and O–H groups in total. The Balaban J connectivity index is 1.65. The van der Waals surface area contributed by atoms with Crippen molar-refractivity contribution in [1.82, 2.24) is 14.9 Å². The molecule has 2 heterocycles. The van der Waals surface area contributed by atoms with Crippen LogP contribution in [0.4, 0.5) is 0 Å². The van der Waals surface area contributed by atoms with Crippen molar-refractivity contribution in [2.75, 3.05) is 31.9 Å². The third-order valence-electron chi connectivity index (χ3n) is 7.02. The van der Waals surface area contributed by atoms with E-state index in [-0.39, 0.29) is 29.9 Å². The fraction of sp³-hybridized carbons (Fsp3) is 0.913. The van der Waals surface area contributed by atoms with Gasteiger partial charge in [-0.2, -0.15) is 10.2 Å². The van der Waals surface area contributed by atoms with E-state index in [2.05, 4.69) is 42.7 Å². The van der Waals surface area contributed by atoms with Gasteiger partial charge in [-0.05, 0) is 75.5 Å². The second-order valence-corrected chi connectivity index (χ2v) is 14.5. The zero-order valence-corrected chi connectivity index (χ0v) is 20.4. The number of nitrogens with one attached hydrogen (secondary N) is 2. The molecule has 0 bridgehead atoms. The number of carbonyl (C=O) groups excluding carboxylic acids is 2. The van der Waals surface area contributed by atoms with Gasteiger partial charge in [-0.15, -0.1) is 0 Å². The number of nitrogens with zero attached hydrogens (tertiary/aromatic N) is 1. The molecular weight excluding hydrogens is 398 g/mol. The quantitative estimate of drug-likeness (QED) is 0.637. The summed E-state index contributed by atoms with van der Waals surface area (Å²) in [5.74, 6) is 1.65. The molecule has 174 valence electrons. The van der Waals surface area contributed by atoms with Crippen LogP contribution in [-0.2, 0) is 14.3 Å². The second-order valence-electron chi connectivity index (χ2n) is 10.6. The summed E-state index contributed by atoms with van der Waals surface area (Å²) in [7, 11) is -0.907. The van der Waals surface area contributed by atoms with E-state index < -0.39 is 10.2 Å². The molecule has 2 saturated heterocycles. The lowest BCUT2D eigenvalue weighted by Crippen LogP contribution is -2.61. The Labute approximate surface area is 184 Å². The zero-order valence-electron chi connectivity index (χ0n) is 19.6. The van der Waals surface area contributed by atoms with Gasteiger partial charge in [-0.25, -0.2) is 0 Å². The monoisotopic (exact) mass is 441 g/mol. The third kappa shape index (κ3) is 6.36. The molecular formula is C23H43N3O3S. The smallest absolute Gasteiger partial charge is 0.245 e. The topological polar surface area (TPSA) is 70.7 Å². The van der Waals surface area contributed by atoms with Gasteiger partial charge in [-0.1, -0.05) is 13.8 Å². The Bertz CT molecular complexity index is 599. The van der Waals surface area contributed by atoms with Gasteiger partial charge in [-0.3, -0.25) is 14.3 Å². The van der Waals surface area contributed by atoms with Crippen LogP contribution < -0.4 is 10.0 Å². The van der Waals surface area contributed by atoms with Gasteiger partial charge in [0.15, 0.2) is 0 Å². The molecule has 7 heteroatoms. The Morgan fingerprint density at radius 1 is 1.17 bits per heavy atom. The Morgan fingerprint density at radius 3 is 2.43 bits per heavy atom. The van der Waals surface area contributed by atoms with Crippen molar-refractivity contribution in [1.29, 1.82) is 0 Å². The molecule has 0 aromatic rings. The molecule has 0 radical (unpaired) electrons. The molecule has 2 unspecified atom stereocenters. The molecule has 0 aromatic carbocycles. The lowest BCUT2D eigenvalue weighted by Gasteiger charge is -2.46. The number of ether oxygens (including phenoxy) is 1. The minimum absolute atomic E-state index is 0.00566. The molecule has 2 amide bonds. The number of amides is 2. The number of hydrogen-bond acceptors (Lipinski definition) is 4. The fourth-order valence-electron chi connectivity index (χ4n) is 5.28. The Morgan fingerprint density at radius 2 is 1.87 bits per heavy atom. The summed E-state index contributed by atoms with van der Waals surface area (Å²) in [5, 5.41) is 2.87. The van der Waals surface area contributed by atoms with Crippen molar-refractivity contribution >= 4 is 22.0 Å². The van der Waals surface area contributed by atoms with Crippen molar-refractivity contribution in [2.24, 2.45) is 11.8 Å². The van der Waals surface area contributed by atoms with E-state index in [1.165, 1.54) is 12.8 Å². The number of rotatable bonds is 7. The normalized spacial score (nSPS) is 33.6. The SMILES string of the molecule is CC(C)C1CCC(OC[C@H]2C(NS(C)(C)C)CCCN2C(=O)C2CCC(=O)N2)CC1. The first kappa shape index (κ1) is 23.9. The summed E-state index contributed by atoms with van der Waals surface area (Å²) in [5.41, 5.74) is 0. The summed E-state index contributed by atoms with van der Waals surface area (Å²) in [6.07, 6.45) is 15.0.